The SMILES string of the molecule is CCCCc1ccc(C(=O)OCC)cc1CCl. The molecule has 0 amide bonds. The molecule has 0 radical (unpaired) electrons. The van der Waals surface area contributed by atoms with Gasteiger partial charge in [-0.2, -0.15) is 0 Å². The summed E-state index contributed by atoms with van der Waals surface area (Å²) >= 11 is 5.91. The zero-order valence-electron chi connectivity index (χ0n) is 10.5. The van der Waals surface area contributed by atoms with Crippen molar-refractivity contribution in [3.63, 3.8) is 0 Å². The molecule has 0 fully saturated rings. The van der Waals surface area contributed by atoms with Crippen LogP contribution in [0, 0.1) is 0 Å². The lowest BCUT2D eigenvalue weighted by molar-refractivity contribution is 0.0526. The predicted molar refractivity (Wildman–Crippen MR) is 70.6 cm³/mol. The molecule has 17 heavy (non-hydrogen) atoms. The molecule has 3 heteroatoms. The number of rotatable bonds is 6. The maximum Gasteiger partial charge on any atom is 0.338 e. The van der Waals surface area contributed by atoms with Gasteiger partial charge in [-0.15, -0.1) is 11.6 Å². The fourth-order valence-corrected chi connectivity index (χ4v) is 1.95. The molecule has 0 aliphatic heterocycles. The molecule has 0 aliphatic carbocycles. The monoisotopic (exact) mass is 254 g/mol. The van der Waals surface area contributed by atoms with E-state index in [1.54, 1.807) is 6.92 Å². The number of carbonyl (C=O) groups excluding carboxylic acids is 1. The average Bonchev–Trinajstić information content (AvgIpc) is 2.36. The van der Waals surface area contributed by atoms with Gasteiger partial charge in [0.1, 0.15) is 0 Å². The number of ether oxygens (including phenoxy) is 1. The molecule has 1 rings (SSSR count). The molecule has 0 N–H and O–H groups in total. The molecule has 1 aromatic rings. The molecule has 94 valence electrons. The summed E-state index contributed by atoms with van der Waals surface area (Å²) in [5, 5.41) is 0. The molecule has 0 spiro atoms. The molecular weight excluding hydrogens is 236 g/mol. The van der Waals surface area contributed by atoms with Gasteiger partial charge >= 0.3 is 5.97 Å². The van der Waals surface area contributed by atoms with Crippen LogP contribution in [0.5, 0.6) is 0 Å². The van der Waals surface area contributed by atoms with Crippen LogP contribution in [-0.4, -0.2) is 12.6 Å². The van der Waals surface area contributed by atoms with Gasteiger partial charge in [-0.05, 0) is 43.0 Å². The highest BCUT2D eigenvalue weighted by Gasteiger charge is 2.09. The second kappa shape index (κ2) is 7.33. The van der Waals surface area contributed by atoms with Crippen LogP contribution in [-0.2, 0) is 17.0 Å². The molecule has 0 atom stereocenters. The molecular formula is C14H19ClO2. The highest BCUT2D eigenvalue weighted by atomic mass is 35.5. The van der Waals surface area contributed by atoms with Crippen LogP contribution in [0.2, 0.25) is 0 Å². The number of hydrogen-bond acceptors (Lipinski definition) is 2. The largest absolute Gasteiger partial charge is 0.462 e. The number of alkyl halides is 1. The summed E-state index contributed by atoms with van der Waals surface area (Å²) < 4.78 is 4.97. The third kappa shape index (κ3) is 4.04. The van der Waals surface area contributed by atoms with Gasteiger partial charge in [-0.3, -0.25) is 0 Å². The van der Waals surface area contributed by atoms with E-state index in [-0.39, 0.29) is 5.97 Å². The standard InChI is InChI=1S/C14H19ClO2/c1-3-5-6-11-7-8-12(9-13(11)10-15)14(16)17-4-2/h7-9H,3-6,10H2,1-2H3. The summed E-state index contributed by atoms with van der Waals surface area (Å²) in [6, 6.07) is 5.65. The Morgan fingerprint density at radius 2 is 2.06 bits per heavy atom. The Hall–Kier alpha value is -1.02. The van der Waals surface area contributed by atoms with Crippen LogP contribution in [0.25, 0.3) is 0 Å². The molecule has 0 bridgehead atoms. The highest BCUT2D eigenvalue weighted by molar-refractivity contribution is 6.17. The Morgan fingerprint density at radius 1 is 1.29 bits per heavy atom. The summed E-state index contributed by atoms with van der Waals surface area (Å²) in [5.74, 6) is 0.160. The fourth-order valence-electron chi connectivity index (χ4n) is 1.70. The van der Waals surface area contributed by atoms with Crippen molar-refractivity contribution in [2.45, 2.75) is 39.0 Å². The molecule has 1 aromatic carbocycles. The van der Waals surface area contributed by atoms with Gasteiger partial charge in [0.15, 0.2) is 0 Å². The maximum absolute atomic E-state index is 11.6. The van der Waals surface area contributed by atoms with E-state index in [9.17, 15) is 4.79 Å². The molecule has 0 heterocycles. The second-order valence-corrected chi connectivity index (χ2v) is 4.21. The number of carbonyl (C=O) groups is 1. The molecule has 0 aliphatic rings. The van der Waals surface area contributed by atoms with Crippen molar-refractivity contribution in [3.8, 4) is 0 Å². The van der Waals surface area contributed by atoms with Crippen molar-refractivity contribution in [1.82, 2.24) is 0 Å². The number of benzene rings is 1. The van der Waals surface area contributed by atoms with E-state index in [2.05, 4.69) is 6.92 Å². The third-order valence-corrected chi connectivity index (χ3v) is 2.95. The first-order chi connectivity index (χ1) is 8.22. The van der Waals surface area contributed by atoms with E-state index < -0.39 is 0 Å². The molecule has 0 saturated carbocycles. The summed E-state index contributed by atoms with van der Waals surface area (Å²) in [5.41, 5.74) is 2.85. The number of halogens is 1. The quantitative estimate of drug-likeness (QED) is 0.568. The number of hydrogen-bond donors (Lipinski definition) is 0. The van der Waals surface area contributed by atoms with E-state index in [1.165, 1.54) is 5.56 Å². The maximum atomic E-state index is 11.6. The Labute approximate surface area is 108 Å². The van der Waals surface area contributed by atoms with Crippen molar-refractivity contribution in [2.75, 3.05) is 6.61 Å². The Morgan fingerprint density at radius 3 is 2.65 bits per heavy atom. The first-order valence-corrected chi connectivity index (χ1v) is 6.61. The first kappa shape index (κ1) is 14.0. The number of unbranched alkanes of at least 4 members (excludes halogenated alkanes) is 1. The van der Waals surface area contributed by atoms with E-state index in [0.29, 0.717) is 18.1 Å². The van der Waals surface area contributed by atoms with Crippen molar-refractivity contribution in [1.29, 1.82) is 0 Å². The van der Waals surface area contributed by atoms with Crippen molar-refractivity contribution in [3.05, 3.63) is 34.9 Å². The van der Waals surface area contributed by atoms with Gasteiger partial charge in [0.2, 0.25) is 0 Å². The fraction of sp³-hybridized carbons (Fsp3) is 0.500. The van der Waals surface area contributed by atoms with Crippen LogP contribution in [0.3, 0.4) is 0 Å². The van der Waals surface area contributed by atoms with Gasteiger partial charge in [0, 0.05) is 5.88 Å². The summed E-state index contributed by atoms with van der Waals surface area (Å²) in [4.78, 5) is 11.6. The molecule has 0 saturated heterocycles. The van der Waals surface area contributed by atoms with Crippen LogP contribution in [0.15, 0.2) is 18.2 Å². The van der Waals surface area contributed by atoms with Gasteiger partial charge in [-0.1, -0.05) is 19.4 Å². The zero-order chi connectivity index (χ0) is 12.7. The minimum absolute atomic E-state index is 0.277. The van der Waals surface area contributed by atoms with Crippen molar-refractivity contribution >= 4 is 17.6 Å². The average molecular weight is 255 g/mol. The van der Waals surface area contributed by atoms with Crippen LogP contribution >= 0.6 is 11.6 Å². The van der Waals surface area contributed by atoms with Crippen LogP contribution < -0.4 is 0 Å². The summed E-state index contributed by atoms with van der Waals surface area (Å²) in [6.07, 6.45) is 3.31. The minimum Gasteiger partial charge on any atom is -0.462 e. The predicted octanol–water partition coefficient (Wildman–Crippen LogP) is 3.94. The van der Waals surface area contributed by atoms with Crippen molar-refractivity contribution < 1.29 is 9.53 Å². The summed E-state index contributed by atoms with van der Waals surface area (Å²) in [7, 11) is 0. The third-order valence-electron chi connectivity index (χ3n) is 2.66. The van der Waals surface area contributed by atoms with Gasteiger partial charge < -0.3 is 4.74 Å². The first-order valence-electron chi connectivity index (χ1n) is 6.07. The lowest BCUT2D eigenvalue weighted by Gasteiger charge is -2.09. The number of aryl methyl sites for hydroxylation is 1. The normalized spacial score (nSPS) is 10.3. The lowest BCUT2D eigenvalue weighted by atomic mass is 10.0. The Kier molecular flexibility index (Phi) is 6.06. The Bertz CT molecular complexity index is 374. The summed E-state index contributed by atoms with van der Waals surface area (Å²) in [6.45, 7) is 4.36. The van der Waals surface area contributed by atoms with Crippen LogP contribution in [0.1, 0.15) is 48.2 Å². The van der Waals surface area contributed by atoms with Crippen LogP contribution in [0.4, 0.5) is 0 Å². The van der Waals surface area contributed by atoms with Crippen molar-refractivity contribution in [2.24, 2.45) is 0 Å². The zero-order valence-corrected chi connectivity index (χ0v) is 11.2. The second-order valence-electron chi connectivity index (χ2n) is 3.94. The smallest absolute Gasteiger partial charge is 0.338 e. The van der Waals surface area contributed by atoms with E-state index in [1.807, 2.05) is 18.2 Å². The lowest BCUT2D eigenvalue weighted by Crippen LogP contribution is -2.06. The van der Waals surface area contributed by atoms with Gasteiger partial charge in [-0.25, -0.2) is 4.79 Å². The molecule has 0 aromatic heterocycles. The van der Waals surface area contributed by atoms with E-state index in [0.717, 1.165) is 24.8 Å². The molecule has 0 unspecified atom stereocenters. The van der Waals surface area contributed by atoms with E-state index >= 15 is 0 Å². The van der Waals surface area contributed by atoms with Gasteiger partial charge in [0.25, 0.3) is 0 Å². The highest BCUT2D eigenvalue weighted by Crippen LogP contribution is 2.17. The number of esters is 1. The molecule has 2 nitrogen and oxygen atoms in total. The van der Waals surface area contributed by atoms with E-state index in [4.69, 9.17) is 16.3 Å². The minimum atomic E-state index is -0.277. The Balaban J connectivity index is 2.87. The topological polar surface area (TPSA) is 26.3 Å². The van der Waals surface area contributed by atoms with Gasteiger partial charge in [0.05, 0.1) is 12.2 Å².